The Balaban J connectivity index is 1.75. The lowest BCUT2D eigenvalue weighted by atomic mass is 9.91. The predicted molar refractivity (Wildman–Crippen MR) is 105 cm³/mol. The number of halogens is 2. The summed E-state index contributed by atoms with van der Waals surface area (Å²) < 4.78 is 31.2. The van der Waals surface area contributed by atoms with Gasteiger partial charge in [0.1, 0.15) is 30.4 Å². The molecule has 2 unspecified atom stereocenters. The van der Waals surface area contributed by atoms with Crippen LogP contribution < -0.4 is 0 Å². The zero-order valence-electron chi connectivity index (χ0n) is 16.2. The van der Waals surface area contributed by atoms with Crippen LogP contribution in [0, 0.1) is 23.0 Å². The van der Waals surface area contributed by atoms with Gasteiger partial charge in [0.05, 0.1) is 31.0 Å². The van der Waals surface area contributed by atoms with E-state index in [0.29, 0.717) is 16.7 Å². The molecule has 0 radical (unpaired) electrons. The number of aromatic nitrogens is 6. The lowest BCUT2D eigenvalue weighted by Gasteiger charge is -2.26. The molecule has 0 aliphatic heterocycles. The summed E-state index contributed by atoms with van der Waals surface area (Å²) in [7, 11) is 0. The lowest BCUT2D eigenvalue weighted by Crippen LogP contribution is -2.26. The molecular weight excluding hydrogens is 404 g/mol. The fraction of sp³-hybridized carbons (Fsp3) is 0.190. The first-order valence-corrected chi connectivity index (χ1v) is 9.37. The van der Waals surface area contributed by atoms with E-state index in [9.17, 15) is 19.1 Å². The van der Waals surface area contributed by atoms with Crippen LogP contribution >= 0.6 is 0 Å². The average molecular weight is 421 g/mol. The zero-order valence-corrected chi connectivity index (χ0v) is 16.2. The second-order valence-corrected chi connectivity index (χ2v) is 6.88. The molecular formula is C21H17F2N7O. The van der Waals surface area contributed by atoms with Gasteiger partial charge in [-0.25, -0.2) is 13.8 Å². The Morgan fingerprint density at radius 3 is 2.71 bits per heavy atom. The first-order chi connectivity index (χ1) is 15.1. The number of rotatable bonds is 7. The topological polar surface area (TPSA) is 105 Å². The molecule has 3 aromatic heterocycles. The number of nitriles is 1. The minimum absolute atomic E-state index is 0.182. The summed E-state index contributed by atoms with van der Waals surface area (Å²) in [4.78, 5) is 7.85. The van der Waals surface area contributed by atoms with Gasteiger partial charge in [-0.3, -0.25) is 14.3 Å². The Morgan fingerprint density at radius 1 is 1.13 bits per heavy atom. The highest BCUT2D eigenvalue weighted by Crippen LogP contribution is 2.33. The van der Waals surface area contributed by atoms with Crippen LogP contribution in [0.2, 0.25) is 0 Å². The van der Waals surface area contributed by atoms with Crippen molar-refractivity contribution in [3.05, 3.63) is 84.5 Å². The van der Waals surface area contributed by atoms with Crippen molar-refractivity contribution in [2.75, 3.05) is 6.61 Å². The largest absolute Gasteiger partial charge is 0.394 e. The van der Waals surface area contributed by atoms with Crippen molar-refractivity contribution in [1.82, 2.24) is 29.5 Å². The second-order valence-electron chi connectivity index (χ2n) is 6.88. The maximum atomic E-state index is 14.7. The summed E-state index contributed by atoms with van der Waals surface area (Å²) in [5.74, 6) is -2.05. The average Bonchev–Trinajstić information content (AvgIpc) is 3.46. The molecule has 0 bridgehead atoms. The SMILES string of the molecule is N#Cc1cnccc1-c1cnn(C(CO)C(Cn2cncn2)c2ccc(F)cc2F)c1. The van der Waals surface area contributed by atoms with Gasteiger partial charge in [0, 0.05) is 41.7 Å². The second kappa shape index (κ2) is 8.81. The van der Waals surface area contributed by atoms with E-state index in [4.69, 9.17) is 0 Å². The van der Waals surface area contributed by atoms with Gasteiger partial charge in [-0.2, -0.15) is 15.5 Å². The van der Waals surface area contributed by atoms with Crippen molar-refractivity contribution in [1.29, 1.82) is 5.26 Å². The number of aliphatic hydroxyl groups excluding tert-OH is 1. The Morgan fingerprint density at radius 2 is 2.00 bits per heavy atom. The maximum absolute atomic E-state index is 14.7. The van der Waals surface area contributed by atoms with E-state index in [1.165, 1.54) is 40.3 Å². The van der Waals surface area contributed by atoms with Crippen molar-refractivity contribution < 1.29 is 13.9 Å². The normalized spacial score (nSPS) is 13.0. The first-order valence-electron chi connectivity index (χ1n) is 9.37. The number of hydrogen-bond donors (Lipinski definition) is 1. The summed E-state index contributed by atoms with van der Waals surface area (Å²) in [6.07, 6.45) is 9.09. The van der Waals surface area contributed by atoms with Crippen LogP contribution in [0.1, 0.15) is 23.1 Å². The highest BCUT2D eigenvalue weighted by atomic mass is 19.1. The van der Waals surface area contributed by atoms with E-state index in [-0.39, 0.29) is 18.7 Å². The molecule has 156 valence electrons. The van der Waals surface area contributed by atoms with E-state index in [1.54, 1.807) is 24.7 Å². The van der Waals surface area contributed by atoms with Gasteiger partial charge in [0.2, 0.25) is 0 Å². The van der Waals surface area contributed by atoms with Crippen molar-refractivity contribution in [3.8, 4) is 17.2 Å². The molecule has 1 N–H and O–H groups in total. The molecule has 0 fully saturated rings. The zero-order chi connectivity index (χ0) is 21.8. The van der Waals surface area contributed by atoms with Crippen LogP contribution in [-0.2, 0) is 6.54 Å². The molecule has 0 aliphatic carbocycles. The molecule has 2 atom stereocenters. The van der Waals surface area contributed by atoms with Gasteiger partial charge in [-0.1, -0.05) is 6.07 Å². The third-order valence-electron chi connectivity index (χ3n) is 5.06. The maximum Gasteiger partial charge on any atom is 0.137 e. The van der Waals surface area contributed by atoms with Crippen LogP contribution in [0.3, 0.4) is 0 Å². The summed E-state index contributed by atoms with van der Waals surface area (Å²) >= 11 is 0. The Hall–Kier alpha value is -3.97. The van der Waals surface area contributed by atoms with Gasteiger partial charge < -0.3 is 5.11 Å². The van der Waals surface area contributed by atoms with Crippen molar-refractivity contribution in [3.63, 3.8) is 0 Å². The van der Waals surface area contributed by atoms with E-state index in [1.807, 2.05) is 0 Å². The molecule has 8 nitrogen and oxygen atoms in total. The monoisotopic (exact) mass is 421 g/mol. The van der Waals surface area contributed by atoms with Gasteiger partial charge in [-0.15, -0.1) is 0 Å². The summed E-state index contributed by atoms with van der Waals surface area (Å²) in [6, 6.07) is 6.43. The summed E-state index contributed by atoms with van der Waals surface area (Å²) in [5, 5.41) is 27.9. The van der Waals surface area contributed by atoms with Crippen LogP contribution in [0.5, 0.6) is 0 Å². The van der Waals surface area contributed by atoms with Crippen molar-refractivity contribution in [2.24, 2.45) is 0 Å². The Kier molecular flexibility index (Phi) is 5.77. The van der Waals surface area contributed by atoms with Gasteiger partial charge in [0.15, 0.2) is 0 Å². The van der Waals surface area contributed by atoms with Crippen LogP contribution in [0.15, 0.2) is 61.7 Å². The minimum atomic E-state index is -0.725. The van der Waals surface area contributed by atoms with E-state index < -0.39 is 23.6 Å². The third-order valence-corrected chi connectivity index (χ3v) is 5.06. The lowest BCUT2D eigenvalue weighted by molar-refractivity contribution is 0.184. The first kappa shape index (κ1) is 20.3. The van der Waals surface area contributed by atoms with Gasteiger partial charge in [0.25, 0.3) is 0 Å². The van der Waals surface area contributed by atoms with Crippen molar-refractivity contribution in [2.45, 2.75) is 18.5 Å². The third kappa shape index (κ3) is 4.17. The molecule has 0 amide bonds. The molecule has 0 saturated heterocycles. The molecule has 0 saturated carbocycles. The van der Waals surface area contributed by atoms with Gasteiger partial charge >= 0.3 is 0 Å². The number of hydrogen-bond acceptors (Lipinski definition) is 6. The molecule has 3 heterocycles. The molecule has 10 heteroatoms. The van der Waals surface area contributed by atoms with Gasteiger partial charge in [-0.05, 0) is 17.7 Å². The number of pyridine rings is 1. The molecule has 31 heavy (non-hydrogen) atoms. The van der Waals surface area contributed by atoms with E-state index in [2.05, 4.69) is 26.2 Å². The molecule has 1 aromatic carbocycles. The fourth-order valence-electron chi connectivity index (χ4n) is 3.55. The van der Waals surface area contributed by atoms with Crippen LogP contribution in [0.25, 0.3) is 11.1 Å². The van der Waals surface area contributed by atoms with E-state index in [0.717, 1.165) is 6.07 Å². The minimum Gasteiger partial charge on any atom is -0.394 e. The Labute approximate surface area is 176 Å². The highest BCUT2D eigenvalue weighted by molar-refractivity contribution is 5.68. The molecule has 0 spiro atoms. The molecule has 4 aromatic rings. The van der Waals surface area contributed by atoms with Crippen LogP contribution in [-0.4, -0.2) is 41.2 Å². The summed E-state index contributed by atoms with van der Waals surface area (Å²) in [5.41, 5.74) is 1.89. The molecule has 0 aliphatic rings. The number of nitrogens with zero attached hydrogens (tertiary/aromatic N) is 7. The van der Waals surface area contributed by atoms with Crippen molar-refractivity contribution >= 4 is 0 Å². The quantitative estimate of drug-likeness (QED) is 0.492. The molecule has 4 rings (SSSR count). The smallest absolute Gasteiger partial charge is 0.137 e. The van der Waals surface area contributed by atoms with E-state index >= 15 is 0 Å². The predicted octanol–water partition coefficient (Wildman–Crippen LogP) is 2.70. The summed E-state index contributed by atoms with van der Waals surface area (Å²) in [6.45, 7) is -0.180. The number of aliphatic hydroxyl groups is 1. The standard InChI is InChI=1S/C21H17F2N7O/c22-16-1-2-18(20(23)5-16)19(10-29-13-26-12-28-29)21(11-31)30-9-15(8-27-30)17-3-4-25-7-14(17)6-24/h1-5,7-9,12-13,19,21,31H,10-11H2. The number of benzene rings is 1. The fourth-order valence-corrected chi connectivity index (χ4v) is 3.55. The van der Waals surface area contributed by atoms with Crippen LogP contribution in [0.4, 0.5) is 8.78 Å². The Bertz CT molecular complexity index is 1220. The highest BCUT2D eigenvalue weighted by Gasteiger charge is 2.29.